The number of nitrogens with zero attached hydrogens (tertiary/aromatic N) is 2. The average Bonchev–Trinajstić information content (AvgIpc) is 2.10. The lowest BCUT2D eigenvalue weighted by Crippen LogP contribution is -2.43. The topological polar surface area (TPSA) is 41.7 Å². The molecule has 0 aliphatic rings. The Labute approximate surface area is 81.6 Å². The first-order valence-corrected chi connectivity index (χ1v) is 4.65. The first-order chi connectivity index (χ1) is 6.11. The smallest absolute Gasteiger partial charge is 0.0630 e. The third kappa shape index (κ3) is 5.99. The molecule has 1 atom stereocenters. The zero-order chi connectivity index (χ0) is 10.3. The van der Waals surface area contributed by atoms with Gasteiger partial charge < -0.3 is 15.4 Å². The summed E-state index contributed by atoms with van der Waals surface area (Å²) in [7, 11) is 7.94. The van der Waals surface area contributed by atoms with E-state index in [4.69, 9.17) is 10.5 Å². The van der Waals surface area contributed by atoms with Crippen LogP contribution in [-0.4, -0.2) is 70.3 Å². The molecule has 4 nitrogen and oxygen atoms in total. The Morgan fingerprint density at radius 3 is 2.23 bits per heavy atom. The van der Waals surface area contributed by atoms with E-state index >= 15 is 0 Å². The minimum Gasteiger partial charge on any atom is -0.383 e. The second kappa shape index (κ2) is 7.26. The molecule has 0 aliphatic heterocycles. The van der Waals surface area contributed by atoms with Crippen LogP contribution in [0.5, 0.6) is 0 Å². The highest BCUT2D eigenvalue weighted by Crippen LogP contribution is 1.95. The van der Waals surface area contributed by atoms with Gasteiger partial charge >= 0.3 is 0 Å². The molecule has 4 heteroatoms. The number of hydrogen-bond donors (Lipinski definition) is 1. The van der Waals surface area contributed by atoms with Crippen LogP contribution < -0.4 is 5.73 Å². The summed E-state index contributed by atoms with van der Waals surface area (Å²) in [4.78, 5) is 4.40. The Morgan fingerprint density at radius 2 is 1.85 bits per heavy atom. The Morgan fingerprint density at radius 1 is 1.23 bits per heavy atom. The van der Waals surface area contributed by atoms with Crippen LogP contribution in [0.25, 0.3) is 0 Å². The van der Waals surface area contributed by atoms with Gasteiger partial charge in [0, 0.05) is 32.8 Å². The van der Waals surface area contributed by atoms with Crippen LogP contribution in [0.3, 0.4) is 0 Å². The van der Waals surface area contributed by atoms with Crippen molar-refractivity contribution in [2.45, 2.75) is 6.04 Å². The van der Waals surface area contributed by atoms with Gasteiger partial charge in [0.05, 0.1) is 6.61 Å². The predicted octanol–water partition coefficient (Wildman–Crippen LogP) is -0.546. The van der Waals surface area contributed by atoms with Crippen molar-refractivity contribution >= 4 is 0 Å². The number of likely N-dealkylation sites (N-methyl/N-ethyl adjacent to an activating group) is 2. The molecule has 0 radical (unpaired) electrons. The summed E-state index contributed by atoms with van der Waals surface area (Å²) >= 11 is 0. The third-order valence-electron chi connectivity index (χ3n) is 2.15. The van der Waals surface area contributed by atoms with Crippen LogP contribution in [-0.2, 0) is 4.74 Å². The quantitative estimate of drug-likeness (QED) is 0.584. The van der Waals surface area contributed by atoms with Crippen molar-refractivity contribution in [3.05, 3.63) is 0 Å². The first-order valence-electron chi connectivity index (χ1n) is 4.65. The van der Waals surface area contributed by atoms with Crippen LogP contribution in [0.2, 0.25) is 0 Å². The highest BCUT2D eigenvalue weighted by atomic mass is 16.5. The van der Waals surface area contributed by atoms with E-state index in [1.54, 1.807) is 7.11 Å². The second-order valence-electron chi connectivity index (χ2n) is 3.63. The van der Waals surface area contributed by atoms with Gasteiger partial charge in [0.15, 0.2) is 0 Å². The molecule has 80 valence electrons. The number of nitrogens with two attached hydrogens (primary N) is 1. The molecule has 0 rings (SSSR count). The van der Waals surface area contributed by atoms with Gasteiger partial charge in [-0.25, -0.2) is 0 Å². The van der Waals surface area contributed by atoms with Gasteiger partial charge in [-0.1, -0.05) is 0 Å². The highest BCUT2D eigenvalue weighted by molar-refractivity contribution is 4.69. The zero-order valence-electron chi connectivity index (χ0n) is 9.29. The fourth-order valence-electron chi connectivity index (χ4n) is 1.11. The van der Waals surface area contributed by atoms with Crippen molar-refractivity contribution in [2.24, 2.45) is 5.73 Å². The molecular weight excluding hydrogens is 166 g/mol. The number of ether oxygens (including phenoxy) is 1. The maximum absolute atomic E-state index is 5.63. The highest BCUT2D eigenvalue weighted by Gasteiger charge is 2.11. The van der Waals surface area contributed by atoms with Crippen molar-refractivity contribution in [3.63, 3.8) is 0 Å². The van der Waals surface area contributed by atoms with E-state index in [-0.39, 0.29) is 0 Å². The molecule has 0 aromatic rings. The SMILES string of the molecule is COCC(CN)N(C)CCN(C)C. The first kappa shape index (κ1) is 12.8. The van der Waals surface area contributed by atoms with Crippen molar-refractivity contribution in [1.29, 1.82) is 0 Å². The van der Waals surface area contributed by atoms with Gasteiger partial charge in [-0.05, 0) is 21.1 Å². The van der Waals surface area contributed by atoms with Crippen molar-refractivity contribution in [1.82, 2.24) is 9.80 Å². The van der Waals surface area contributed by atoms with E-state index in [1.165, 1.54) is 0 Å². The van der Waals surface area contributed by atoms with E-state index in [1.807, 2.05) is 0 Å². The molecule has 0 aromatic carbocycles. The molecule has 1 unspecified atom stereocenters. The number of rotatable bonds is 7. The van der Waals surface area contributed by atoms with Gasteiger partial charge in [-0.15, -0.1) is 0 Å². The third-order valence-corrected chi connectivity index (χ3v) is 2.15. The molecule has 0 aliphatic carbocycles. The minimum atomic E-state index is 0.338. The monoisotopic (exact) mass is 189 g/mol. The largest absolute Gasteiger partial charge is 0.383 e. The second-order valence-corrected chi connectivity index (χ2v) is 3.63. The Kier molecular flexibility index (Phi) is 7.17. The maximum Gasteiger partial charge on any atom is 0.0630 e. The number of methoxy groups -OCH3 is 1. The van der Waals surface area contributed by atoms with Gasteiger partial charge in [-0.2, -0.15) is 0 Å². The molecule has 0 saturated heterocycles. The van der Waals surface area contributed by atoms with Gasteiger partial charge in [-0.3, -0.25) is 4.90 Å². The van der Waals surface area contributed by atoms with Crippen LogP contribution in [0.15, 0.2) is 0 Å². The average molecular weight is 189 g/mol. The summed E-state index contributed by atoms with van der Waals surface area (Å²) in [6.45, 7) is 3.44. The molecule has 13 heavy (non-hydrogen) atoms. The number of hydrogen-bond acceptors (Lipinski definition) is 4. The summed E-state index contributed by atoms with van der Waals surface area (Å²) in [6, 6.07) is 0.338. The maximum atomic E-state index is 5.63. The normalized spacial score (nSPS) is 14.1. The minimum absolute atomic E-state index is 0.338. The molecule has 0 aromatic heterocycles. The molecule has 0 amide bonds. The van der Waals surface area contributed by atoms with E-state index in [0.717, 1.165) is 13.1 Å². The Hall–Kier alpha value is -0.160. The molecule has 0 bridgehead atoms. The standard InChI is InChI=1S/C9H23N3O/c1-11(2)5-6-12(3)9(7-10)8-13-4/h9H,5-8,10H2,1-4H3. The summed E-state index contributed by atoms with van der Waals surface area (Å²) in [5.74, 6) is 0. The molecule has 0 fully saturated rings. The summed E-state index contributed by atoms with van der Waals surface area (Å²) in [6.07, 6.45) is 0. The lowest BCUT2D eigenvalue weighted by atomic mass is 10.3. The van der Waals surface area contributed by atoms with Crippen LogP contribution in [0.1, 0.15) is 0 Å². The lowest BCUT2D eigenvalue weighted by Gasteiger charge is -2.27. The van der Waals surface area contributed by atoms with Crippen molar-refractivity contribution in [2.75, 3.05) is 54.5 Å². The van der Waals surface area contributed by atoms with Crippen molar-refractivity contribution in [3.8, 4) is 0 Å². The Bertz CT molecular complexity index is 119. The molecule has 2 N–H and O–H groups in total. The van der Waals surface area contributed by atoms with E-state index in [0.29, 0.717) is 19.2 Å². The van der Waals surface area contributed by atoms with Gasteiger partial charge in [0.2, 0.25) is 0 Å². The molecular formula is C9H23N3O. The van der Waals surface area contributed by atoms with Crippen LogP contribution in [0, 0.1) is 0 Å². The van der Waals surface area contributed by atoms with Crippen LogP contribution >= 0.6 is 0 Å². The molecule has 0 saturated carbocycles. The predicted molar refractivity (Wildman–Crippen MR) is 55.9 cm³/mol. The summed E-state index contributed by atoms with van der Waals surface area (Å²) < 4.78 is 5.09. The Balaban J connectivity index is 3.69. The summed E-state index contributed by atoms with van der Waals surface area (Å²) in [5.41, 5.74) is 5.63. The van der Waals surface area contributed by atoms with E-state index < -0.39 is 0 Å². The lowest BCUT2D eigenvalue weighted by molar-refractivity contribution is 0.106. The van der Waals surface area contributed by atoms with Crippen molar-refractivity contribution < 1.29 is 4.74 Å². The van der Waals surface area contributed by atoms with Crippen LogP contribution in [0.4, 0.5) is 0 Å². The van der Waals surface area contributed by atoms with Gasteiger partial charge in [0.1, 0.15) is 0 Å². The fourth-order valence-corrected chi connectivity index (χ4v) is 1.11. The van der Waals surface area contributed by atoms with E-state index in [9.17, 15) is 0 Å². The fraction of sp³-hybridized carbons (Fsp3) is 1.00. The van der Waals surface area contributed by atoms with Gasteiger partial charge in [0.25, 0.3) is 0 Å². The molecule has 0 spiro atoms. The summed E-state index contributed by atoms with van der Waals surface area (Å²) in [5, 5.41) is 0. The van der Waals surface area contributed by atoms with E-state index in [2.05, 4.69) is 30.9 Å². The molecule has 0 heterocycles. The zero-order valence-corrected chi connectivity index (χ0v) is 9.29.